The number of rotatable bonds is 14. The van der Waals surface area contributed by atoms with E-state index >= 15 is 0 Å². The molecule has 1 aliphatic carbocycles. The fraction of sp³-hybridized carbons (Fsp3) is 0.297. The molecule has 0 unspecified atom stereocenters. The highest BCUT2D eigenvalue weighted by Crippen LogP contribution is 2.28. The number of ether oxygens (including phenoxy) is 1. The SMILES string of the molecule is CCOc1ccc(N(CC(=O)N(Cc2ccc(Cl)c(Cl)c2)[C@@H](Cc2ccccc2)C(=O)NC2CCCC2)S(=O)(=O)c2ccccc2)cc1. The third-order valence-corrected chi connectivity index (χ3v) is 10.9. The Labute approximate surface area is 292 Å². The molecule has 2 amide bonds. The van der Waals surface area contributed by atoms with Crippen LogP contribution in [-0.2, 0) is 32.6 Å². The molecule has 0 saturated heterocycles. The van der Waals surface area contributed by atoms with Crippen molar-refractivity contribution in [1.82, 2.24) is 10.2 Å². The van der Waals surface area contributed by atoms with Crippen molar-refractivity contribution in [3.63, 3.8) is 0 Å². The summed E-state index contributed by atoms with van der Waals surface area (Å²) in [6, 6.07) is 28.1. The highest BCUT2D eigenvalue weighted by atomic mass is 35.5. The van der Waals surface area contributed by atoms with Gasteiger partial charge in [0, 0.05) is 19.0 Å². The number of hydrogen-bond acceptors (Lipinski definition) is 5. The van der Waals surface area contributed by atoms with E-state index < -0.39 is 28.5 Å². The zero-order valence-electron chi connectivity index (χ0n) is 26.7. The van der Waals surface area contributed by atoms with Gasteiger partial charge in [-0.15, -0.1) is 0 Å². The maximum atomic E-state index is 14.7. The summed E-state index contributed by atoms with van der Waals surface area (Å²) in [4.78, 5) is 30.3. The van der Waals surface area contributed by atoms with E-state index in [1.165, 1.54) is 17.0 Å². The first-order valence-electron chi connectivity index (χ1n) is 16.0. The molecule has 1 saturated carbocycles. The van der Waals surface area contributed by atoms with Gasteiger partial charge in [0.25, 0.3) is 10.0 Å². The van der Waals surface area contributed by atoms with Gasteiger partial charge in [0.1, 0.15) is 18.3 Å². The Hall–Kier alpha value is -4.05. The fourth-order valence-electron chi connectivity index (χ4n) is 5.88. The molecule has 1 N–H and O–H groups in total. The standard InChI is InChI=1S/C37H39Cl2N3O5S/c1-2-47-31-20-18-30(19-21-31)42(48(45,46)32-15-7-4-8-16-32)26-36(43)41(25-28-17-22-33(38)34(39)23-28)35(24-27-11-5-3-6-12-27)37(44)40-29-13-9-10-14-29/h3-8,11-12,15-23,29,35H,2,9-10,13-14,24-26H2,1H3,(H,40,44)/t35-/m0/s1. The first-order chi connectivity index (χ1) is 23.2. The molecular formula is C37H39Cl2N3O5S. The van der Waals surface area contributed by atoms with Crippen LogP contribution in [0.15, 0.2) is 108 Å². The number of carbonyl (C=O) groups is 2. The number of halogens is 2. The molecule has 0 radical (unpaired) electrons. The lowest BCUT2D eigenvalue weighted by Gasteiger charge is -2.34. The van der Waals surface area contributed by atoms with Gasteiger partial charge in [-0.25, -0.2) is 8.42 Å². The number of sulfonamides is 1. The molecule has 8 nitrogen and oxygen atoms in total. The van der Waals surface area contributed by atoms with Crippen molar-refractivity contribution in [3.05, 3.63) is 124 Å². The first-order valence-corrected chi connectivity index (χ1v) is 18.2. The molecule has 0 spiro atoms. The fourth-order valence-corrected chi connectivity index (χ4v) is 7.64. The van der Waals surface area contributed by atoms with Gasteiger partial charge in [0.15, 0.2) is 0 Å². The quantitative estimate of drug-likeness (QED) is 0.149. The Balaban J connectivity index is 1.57. The molecule has 0 aliphatic heterocycles. The van der Waals surface area contributed by atoms with Crippen molar-refractivity contribution in [3.8, 4) is 5.75 Å². The van der Waals surface area contributed by atoms with Crippen LogP contribution in [0, 0.1) is 0 Å². The Morgan fingerprint density at radius 2 is 1.50 bits per heavy atom. The second-order valence-electron chi connectivity index (χ2n) is 11.7. The molecule has 4 aromatic carbocycles. The number of amides is 2. The lowest BCUT2D eigenvalue weighted by atomic mass is 10.0. The van der Waals surface area contributed by atoms with Crippen LogP contribution >= 0.6 is 23.2 Å². The average Bonchev–Trinajstić information content (AvgIpc) is 3.61. The van der Waals surface area contributed by atoms with Gasteiger partial charge in [-0.2, -0.15) is 0 Å². The predicted octanol–water partition coefficient (Wildman–Crippen LogP) is 7.29. The molecule has 11 heteroatoms. The molecule has 1 atom stereocenters. The lowest BCUT2D eigenvalue weighted by Crippen LogP contribution is -2.54. The summed E-state index contributed by atoms with van der Waals surface area (Å²) < 4.78 is 35.0. The summed E-state index contributed by atoms with van der Waals surface area (Å²) >= 11 is 12.6. The van der Waals surface area contributed by atoms with Crippen LogP contribution in [0.4, 0.5) is 5.69 Å². The predicted molar refractivity (Wildman–Crippen MR) is 190 cm³/mol. The Bertz CT molecular complexity index is 1790. The van der Waals surface area contributed by atoms with E-state index in [9.17, 15) is 18.0 Å². The molecular weight excluding hydrogens is 669 g/mol. The maximum absolute atomic E-state index is 14.7. The zero-order chi connectivity index (χ0) is 34.1. The van der Waals surface area contributed by atoms with Crippen molar-refractivity contribution >= 4 is 50.7 Å². The van der Waals surface area contributed by atoms with Crippen LogP contribution in [0.5, 0.6) is 5.75 Å². The van der Waals surface area contributed by atoms with E-state index in [1.54, 1.807) is 60.7 Å². The molecule has 48 heavy (non-hydrogen) atoms. The summed E-state index contributed by atoms with van der Waals surface area (Å²) in [5, 5.41) is 3.83. The topological polar surface area (TPSA) is 96.0 Å². The Morgan fingerprint density at radius 3 is 2.12 bits per heavy atom. The van der Waals surface area contributed by atoms with E-state index in [1.807, 2.05) is 37.3 Å². The lowest BCUT2D eigenvalue weighted by molar-refractivity contribution is -0.140. The molecule has 0 bridgehead atoms. The largest absolute Gasteiger partial charge is 0.494 e. The molecule has 0 heterocycles. The van der Waals surface area contributed by atoms with Gasteiger partial charge in [0.05, 0.1) is 27.2 Å². The van der Waals surface area contributed by atoms with E-state index in [-0.39, 0.29) is 35.5 Å². The molecule has 1 aliphatic rings. The van der Waals surface area contributed by atoms with Gasteiger partial charge in [-0.3, -0.25) is 13.9 Å². The Morgan fingerprint density at radius 1 is 0.854 bits per heavy atom. The molecule has 0 aromatic heterocycles. The van der Waals surface area contributed by atoms with E-state index in [2.05, 4.69) is 5.32 Å². The van der Waals surface area contributed by atoms with Crippen LogP contribution in [0.25, 0.3) is 0 Å². The van der Waals surface area contributed by atoms with Crippen LogP contribution in [0.3, 0.4) is 0 Å². The summed E-state index contributed by atoms with van der Waals surface area (Å²) in [7, 11) is -4.21. The molecule has 4 aromatic rings. The maximum Gasteiger partial charge on any atom is 0.264 e. The van der Waals surface area contributed by atoms with Crippen LogP contribution < -0.4 is 14.4 Å². The molecule has 252 valence electrons. The third-order valence-electron chi connectivity index (χ3n) is 8.36. The van der Waals surface area contributed by atoms with Gasteiger partial charge < -0.3 is 15.0 Å². The number of anilines is 1. The third kappa shape index (κ3) is 8.89. The van der Waals surface area contributed by atoms with Gasteiger partial charge >= 0.3 is 0 Å². The van der Waals surface area contributed by atoms with E-state index in [4.69, 9.17) is 27.9 Å². The number of hydrogen-bond donors (Lipinski definition) is 1. The summed E-state index contributed by atoms with van der Waals surface area (Å²) in [6.07, 6.45) is 4.00. The van der Waals surface area contributed by atoms with Gasteiger partial charge in [-0.05, 0) is 79.4 Å². The first kappa shape index (κ1) is 35.3. The highest BCUT2D eigenvalue weighted by molar-refractivity contribution is 7.92. The smallest absolute Gasteiger partial charge is 0.264 e. The minimum atomic E-state index is -4.21. The van der Waals surface area contributed by atoms with Crippen molar-refractivity contribution < 1.29 is 22.7 Å². The van der Waals surface area contributed by atoms with Crippen molar-refractivity contribution in [2.45, 2.75) is 62.6 Å². The number of nitrogens with one attached hydrogen (secondary N) is 1. The average molecular weight is 709 g/mol. The van der Waals surface area contributed by atoms with Crippen molar-refractivity contribution in [2.24, 2.45) is 0 Å². The second kappa shape index (κ2) is 16.4. The second-order valence-corrected chi connectivity index (χ2v) is 14.4. The summed E-state index contributed by atoms with van der Waals surface area (Å²) in [6.45, 7) is 1.73. The Kier molecular flexibility index (Phi) is 12.0. The van der Waals surface area contributed by atoms with E-state index in [0.29, 0.717) is 28.0 Å². The number of nitrogens with zero attached hydrogens (tertiary/aromatic N) is 2. The van der Waals surface area contributed by atoms with Crippen LogP contribution in [0.2, 0.25) is 10.0 Å². The van der Waals surface area contributed by atoms with Gasteiger partial charge in [-0.1, -0.05) is 90.6 Å². The summed E-state index contributed by atoms with van der Waals surface area (Å²) in [5.74, 6) is -0.285. The highest BCUT2D eigenvalue weighted by Gasteiger charge is 2.35. The zero-order valence-corrected chi connectivity index (χ0v) is 29.1. The van der Waals surface area contributed by atoms with Crippen molar-refractivity contribution in [2.75, 3.05) is 17.5 Å². The number of carbonyl (C=O) groups excluding carboxylic acids is 2. The normalized spacial score (nSPS) is 13.9. The number of benzene rings is 4. The van der Waals surface area contributed by atoms with E-state index in [0.717, 1.165) is 35.6 Å². The van der Waals surface area contributed by atoms with Crippen molar-refractivity contribution in [1.29, 1.82) is 0 Å². The molecule has 5 rings (SSSR count). The monoisotopic (exact) mass is 707 g/mol. The van der Waals surface area contributed by atoms with Gasteiger partial charge in [0.2, 0.25) is 11.8 Å². The van der Waals surface area contributed by atoms with Crippen LogP contribution in [0.1, 0.15) is 43.7 Å². The molecule has 1 fully saturated rings. The summed E-state index contributed by atoms with van der Waals surface area (Å²) in [5.41, 5.74) is 1.78. The van der Waals surface area contributed by atoms with Crippen LogP contribution in [-0.4, -0.2) is 50.4 Å². The minimum Gasteiger partial charge on any atom is -0.494 e. The minimum absolute atomic E-state index is 0.00614.